The summed E-state index contributed by atoms with van der Waals surface area (Å²) in [6, 6.07) is 21.8. The molecule has 0 bridgehead atoms. The zero-order valence-electron chi connectivity index (χ0n) is 15.2. The number of nitrogens with one attached hydrogen (secondary N) is 2. The van der Waals surface area contributed by atoms with E-state index in [1.54, 1.807) is 0 Å². The van der Waals surface area contributed by atoms with E-state index in [9.17, 15) is 9.59 Å². The van der Waals surface area contributed by atoms with Crippen LogP contribution in [-0.4, -0.2) is 29.9 Å². The van der Waals surface area contributed by atoms with Crippen LogP contribution in [0.4, 0.5) is 0 Å². The maximum atomic E-state index is 12.0. The summed E-state index contributed by atoms with van der Waals surface area (Å²) < 4.78 is 0. The number of carbonyl (C=O) groups is 2. The van der Waals surface area contributed by atoms with E-state index < -0.39 is 0 Å². The Morgan fingerprint density at radius 3 is 2.41 bits per heavy atom. The highest BCUT2D eigenvalue weighted by Gasteiger charge is 2.07. The Bertz CT molecular complexity index is 910. The fraction of sp³-hybridized carbons (Fsp3) is 0.227. The number of aromatic nitrogens is 1. The second-order valence-electron chi connectivity index (χ2n) is 6.36. The SMILES string of the molecule is O=C(CCc1ccc2ccccc2n1)NCC(=O)NCCc1ccccc1. The number of nitrogens with zero attached hydrogens (tertiary/aromatic N) is 1. The lowest BCUT2D eigenvalue weighted by molar-refractivity contribution is -0.126. The summed E-state index contributed by atoms with van der Waals surface area (Å²) in [6.45, 7) is 0.554. The molecule has 27 heavy (non-hydrogen) atoms. The number of rotatable bonds is 8. The molecule has 0 radical (unpaired) electrons. The molecule has 138 valence electrons. The number of fused-ring (bicyclic) bond motifs is 1. The summed E-state index contributed by atoms with van der Waals surface area (Å²) in [6.07, 6.45) is 1.63. The van der Waals surface area contributed by atoms with Crippen molar-refractivity contribution in [3.8, 4) is 0 Å². The number of amides is 2. The molecule has 1 aromatic heterocycles. The number of para-hydroxylation sites is 1. The number of hydrogen-bond acceptors (Lipinski definition) is 3. The standard InChI is InChI=1S/C22H23N3O2/c26-21(13-12-19-11-10-18-8-4-5-9-20(18)25-19)24-16-22(27)23-15-14-17-6-2-1-3-7-17/h1-11H,12-16H2,(H,23,27)(H,24,26). The monoisotopic (exact) mass is 361 g/mol. The lowest BCUT2D eigenvalue weighted by Gasteiger charge is -2.07. The van der Waals surface area contributed by atoms with Crippen molar-refractivity contribution in [1.82, 2.24) is 15.6 Å². The molecule has 2 N–H and O–H groups in total. The minimum Gasteiger partial charge on any atom is -0.354 e. The molecule has 0 saturated carbocycles. The highest BCUT2D eigenvalue weighted by molar-refractivity contribution is 5.84. The molecule has 0 spiro atoms. The Labute approximate surface area is 158 Å². The van der Waals surface area contributed by atoms with E-state index in [4.69, 9.17) is 0 Å². The van der Waals surface area contributed by atoms with Gasteiger partial charge in [-0.3, -0.25) is 14.6 Å². The number of hydrogen-bond donors (Lipinski definition) is 2. The van der Waals surface area contributed by atoms with Crippen molar-refractivity contribution in [1.29, 1.82) is 0 Å². The lowest BCUT2D eigenvalue weighted by atomic mass is 10.1. The Morgan fingerprint density at radius 1 is 0.778 bits per heavy atom. The van der Waals surface area contributed by atoms with Gasteiger partial charge in [0, 0.05) is 24.0 Å². The van der Waals surface area contributed by atoms with Crippen molar-refractivity contribution < 1.29 is 9.59 Å². The number of aryl methyl sites for hydroxylation is 1. The number of pyridine rings is 1. The average molecular weight is 361 g/mol. The van der Waals surface area contributed by atoms with Crippen LogP contribution < -0.4 is 10.6 Å². The molecule has 2 aromatic carbocycles. The molecule has 2 amide bonds. The molecule has 0 unspecified atom stereocenters. The van der Waals surface area contributed by atoms with Crippen LogP contribution in [0.3, 0.4) is 0 Å². The molecule has 3 rings (SSSR count). The third kappa shape index (κ3) is 5.92. The molecule has 0 aliphatic carbocycles. The van der Waals surface area contributed by atoms with Gasteiger partial charge in [0.25, 0.3) is 0 Å². The van der Waals surface area contributed by atoms with Gasteiger partial charge in [0.1, 0.15) is 0 Å². The second-order valence-corrected chi connectivity index (χ2v) is 6.36. The predicted molar refractivity (Wildman–Crippen MR) is 106 cm³/mol. The van der Waals surface area contributed by atoms with E-state index in [1.807, 2.05) is 66.7 Å². The van der Waals surface area contributed by atoms with Crippen molar-refractivity contribution in [2.24, 2.45) is 0 Å². The first kappa shape index (κ1) is 18.6. The molecule has 0 aliphatic rings. The van der Waals surface area contributed by atoms with Crippen LogP contribution in [0.2, 0.25) is 0 Å². The summed E-state index contributed by atoms with van der Waals surface area (Å²) in [5.41, 5.74) is 2.97. The van der Waals surface area contributed by atoms with Gasteiger partial charge in [0.2, 0.25) is 11.8 Å². The van der Waals surface area contributed by atoms with E-state index in [0.29, 0.717) is 19.4 Å². The first-order chi connectivity index (χ1) is 13.2. The van der Waals surface area contributed by atoms with Gasteiger partial charge in [0.15, 0.2) is 0 Å². The fourth-order valence-electron chi connectivity index (χ4n) is 2.81. The third-order valence-corrected chi connectivity index (χ3v) is 4.29. The van der Waals surface area contributed by atoms with Gasteiger partial charge in [-0.05, 0) is 30.5 Å². The zero-order chi connectivity index (χ0) is 18.9. The Hall–Kier alpha value is -3.21. The third-order valence-electron chi connectivity index (χ3n) is 4.29. The van der Waals surface area contributed by atoms with Crippen LogP contribution in [0.15, 0.2) is 66.7 Å². The summed E-state index contributed by atoms with van der Waals surface area (Å²) in [7, 11) is 0. The molecular formula is C22H23N3O2. The van der Waals surface area contributed by atoms with E-state index in [1.165, 1.54) is 5.56 Å². The zero-order valence-corrected chi connectivity index (χ0v) is 15.2. The van der Waals surface area contributed by atoms with Crippen LogP contribution in [0.25, 0.3) is 10.9 Å². The Balaban J connectivity index is 1.35. The van der Waals surface area contributed by atoms with Crippen molar-refractivity contribution in [2.45, 2.75) is 19.3 Å². The Morgan fingerprint density at radius 2 is 1.56 bits per heavy atom. The first-order valence-electron chi connectivity index (χ1n) is 9.13. The Kier molecular flexibility index (Phi) is 6.52. The summed E-state index contributed by atoms with van der Waals surface area (Å²) in [5.74, 6) is -0.328. The van der Waals surface area contributed by atoms with Gasteiger partial charge in [-0.1, -0.05) is 54.6 Å². The molecule has 5 heteroatoms. The van der Waals surface area contributed by atoms with E-state index >= 15 is 0 Å². The van der Waals surface area contributed by atoms with Crippen molar-refractivity contribution in [3.63, 3.8) is 0 Å². The van der Waals surface area contributed by atoms with E-state index in [2.05, 4.69) is 15.6 Å². The molecule has 0 saturated heterocycles. The van der Waals surface area contributed by atoms with Crippen LogP contribution in [0.5, 0.6) is 0 Å². The van der Waals surface area contributed by atoms with E-state index in [0.717, 1.165) is 23.0 Å². The normalized spacial score (nSPS) is 10.5. The fourth-order valence-corrected chi connectivity index (χ4v) is 2.81. The highest BCUT2D eigenvalue weighted by Crippen LogP contribution is 2.12. The smallest absolute Gasteiger partial charge is 0.239 e. The highest BCUT2D eigenvalue weighted by atomic mass is 16.2. The minimum absolute atomic E-state index is 0.00122. The topological polar surface area (TPSA) is 71.1 Å². The molecule has 0 fully saturated rings. The molecular weight excluding hydrogens is 338 g/mol. The second kappa shape index (κ2) is 9.48. The van der Waals surface area contributed by atoms with Gasteiger partial charge in [-0.25, -0.2) is 0 Å². The van der Waals surface area contributed by atoms with Crippen LogP contribution >= 0.6 is 0 Å². The first-order valence-corrected chi connectivity index (χ1v) is 9.13. The van der Waals surface area contributed by atoms with Crippen molar-refractivity contribution in [2.75, 3.05) is 13.1 Å². The minimum atomic E-state index is -0.178. The molecule has 3 aromatic rings. The van der Waals surface area contributed by atoms with E-state index in [-0.39, 0.29) is 18.4 Å². The van der Waals surface area contributed by atoms with Crippen LogP contribution in [0, 0.1) is 0 Å². The summed E-state index contributed by atoms with van der Waals surface area (Å²) >= 11 is 0. The van der Waals surface area contributed by atoms with Gasteiger partial charge in [-0.15, -0.1) is 0 Å². The van der Waals surface area contributed by atoms with Gasteiger partial charge in [-0.2, -0.15) is 0 Å². The van der Waals surface area contributed by atoms with Gasteiger partial charge < -0.3 is 10.6 Å². The van der Waals surface area contributed by atoms with Crippen molar-refractivity contribution in [3.05, 3.63) is 78.0 Å². The summed E-state index contributed by atoms with van der Waals surface area (Å²) in [4.78, 5) is 28.3. The largest absolute Gasteiger partial charge is 0.354 e. The quantitative estimate of drug-likeness (QED) is 0.648. The van der Waals surface area contributed by atoms with Crippen LogP contribution in [0.1, 0.15) is 17.7 Å². The van der Waals surface area contributed by atoms with Gasteiger partial charge in [0.05, 0.1) is 12.1 Å². The molecule has 5 nitrogen and oxygen atoms in total. The maximum Gasteiger partial charge on any atom is 0.239 e. The van der Waals surface area contributed by atoms with Gasteiger partial charge >= 0.3 is 0 Å². The molecule has 0 atom stereocenters. The maximum absolute atomic E-state index is 12.0. The molecule has 0 aliphatic heterocycles. The van der Waals surface area contributed by atoms with Crippen LogP contribution in [-0.2, 0) is 22.4 Å². The molecule has 1 heterocycles. The average Bonchev–Trinajstić information content (AvgIpc) is 2.71. The summed E-state index contributed by atoms with van der Waals surface area (Å²) in [5, 5.41) is 6.56. The van der Waals surface area contributed by atoms with Crippen molar-refractivity contribution >= 4 is 22.7 Å². The number of benzene rings is 2. The lowest BCUT2D eigenvalue weighted by Crippen LogP contribution is -2.37. The number of carbonyl (C=O) groups excluding carboxylic acids is 2. The predicted octanol–water partition coefficient (Wildman–Crippen LogP) is 2.64.